The van der Waals surface area contributed by atoms with E-state index in [1.54, 1.807) is 25.3 Å². The summed E-state index contributed by atoms with van der Waals surface area (Å²) in [7, 11) is 1.58. The van der Waals surface area contributed by atoms with Crippen LogP contribution in [0.4, 0.5) is 10.5 Å². The summed E-state index contributed by atoms with van der Waals surface area (Å²) in [5.74, 6) is 0.232. The van der Waals surface area contributed by atoms with Gasteiger partial charge in [0.2, 0.25) is 0 Å². The number of nitrogens with zero attached hydrogens (tertiary/aromatic N) is 1. The number of amides is 1. The number of nitrogens with one attached hydrogen (secondary N) is 1. The zero-order valence-electron chi connectivity index (χ0n) is 18.2. The van der Waals surface area contributed by atoms with Crippen molar-refractivity contribution in [1.29, 1.82) is 0 Å². The van der Waals surface area contributed by atoms with Crippen LogP contribution in [0, 0.1) is 15.5 Å². The number of methoxy groups -OCH3 is 1. The van der Waals surface area contributed by atoms with E-state index in [1.165, 1.54) is 30.3 Å². The van der Waals surface area contributed by atoms with Gasteiger partial charge in [-0.2, -0.15) is 0 Å². The van der Waals surface area contributed by atoms with Crippen molar-refractivity contribution in [2.24, 2.45) is 5.41 Å². The molecule has 9 heteroatoms. The minimum absolute atomic E-state index is 0.0161. The summed E-state index contributed by atoms with van der Waals surface area (Å²) in [6, 6.07) is 12.9. The maximum absolute atomic E-state index is 12.0. The summed E-state index contributed by atoms with van der Waals surface area (Å²) >= 11 is 0. The molecule has 0 aromatic heterocycles. The van der Waals surface area contributed by atoms with Gasteiger partial charge in [-0.15, -0.1) is 0 Å². The molecule has 32 heavy (non-hydrogen) atoms. The third-order valence-electron chi connectivity index (χ3n) is 4.42. The number of hydrogen-bond donors (Lipinski definition) is 1. The molecule has 0 saturated carbocycles. The predicted molar refractivity (Wildman–Crippen MR) is 117 cm³/mol. The van der Waals surface area contributed by atoms with Crippen LogP contribution in [0.2, 0.25) is 0 Å². The molecule has 0 heterocycles. The molecular formula is C23H26N2O7. The molecule has 0 saturated heterocycles. The van der Waals surface area contributed by atoms with E-state index in [4.69, 9.17) is 14.2 Å². The fourth-order valence-corrected chi connectivity index (χ4v) is 2.49. The average molecular weight is 442 g/mol. The largest absolute Gasteiger partial charge is 0.497 e. The standard InChI is InChI=1S/C23H26N2O7/c1-23(2,13-12-21(26)31-14-18-6-10-20(30-3)11-7-18)16-24-22(27)32-15-17-4-8-19(9-5-17)25(28)29/h4-13H,14-16H2,1-3H3,(H,24,27). The Hall–Kier alpha value is -3.88. The van der Waals surface area contributed by atoms with Crippen LogP contribution in [0.3, 0.4) is 0 Å². The van der Waals surface area contributed by atoms with E-state index in [-0.39, 0.29) is 25.4 Å². The van der Waals surface area contributed by atoms with Crippen LogP contribution in [0.5, 0.6) is 5.75 Å². The quantitative estimate of drug-likeness (QED) is 0.254. The molecule has 0 radical (unpaired) electrons. The van der Waals surface area contributed by atoms with Crippen molar-refractivity contribution in [3.05, 3.63) is 81.9 Å². The predicted octanol–water partition coefficient (Wildman–Crippen LogP) is 4.16. The van der Waals surface area contributed by atoms with Gasteiger partial charge in [-0.05, 0) is 35.4 Å². The van der Waals surface area contributed by atoms with E-state index < -0.39 is 22.4 Å². The highest BCUT2D eigenvalue weighted by Gasteiger charge is 2.17. The van der Waals surface area contributed by atoms with Crippen molar-refractivity contribution in [1.82, 2.24) is 5.32 Å². The Morgan fingerprint density at radius 3 is 2.12 bits per heavy atom. The van der Waals surface area contributed by atoms with Gasteiger partial charge in [0.05, 0.1) is 12.0 Å². The molecule has 0 aliphatic heterocycles. The first-order valence-corrected chi connectivity index (χ1v) is 9.81. The minimum atomic E-state index is -0.632. The second kappa shape index (κ2) is 11.5. The molecule has 1 amide bonds. The van der Waals surface area contributed by atoms with Crippen molar-refractivity contribution < 1.29 is 28.7 Å². The van der Waals surface area contributed by atoms with Crippen molar-refractivity contribution in [2.45, 2.75) is 27.1 Å². The Morgan fingerprint density at radius 1 is 1.00 bits per heavy atom. The molecule has 170 valence electrons. The fourth-order valence-electron chi connectivity index (χ4n) is 2.49. The molecule has 2 rings (SSSR count). The number of hydrogen-bond acceptors (Lipinski definition) is 7. The number of carbonyl (C=O) groups is 2. The zero-order valence-corrected chi connectivity index (χ0v) is 18.2. The first-order chi connectivity index (χ1) is 15.2. The Labute approximate surface area is 186 Å². The second-order valence-electron chi connectivity index (χ2n) is 7.63. The summed E-state index contributed by atoms with van der Waals surface area (Å²) in [4.78, 5) is 34.0. The fraction of sp³-hybridized carbons (Fsp3) is 0.304. The third kappa shape index (κ3) is 8.47. The number of carbonyl (C=O) groups excluding carboxylic acids is 2. The lowest BCUT2D eigenvalue weighted by Gasteiger charge is -2.20. The van der Waals surface area contributed by atoms with Crippen LogP contribution >= 0.6 is 0 Å². The maximum atomic E-state index is 12.0. The number of rotatable bonds is 10. The van der Waals surface area contributed by atoms with Gasteiger partial charge < -0.3 is 19.5 Å². The van der Waals surface area contributed by atoms with Gasteiger partial charge in [-0.25, -0.2) is 9.59 Å². The molecule has 0 atom stereocenters. The zero-order chi connectivity index (χ0) is 23.6. The van der Waals surface area contributed by atoms with Crippen molar-refractivity contribution in [3.8, 4) is 5.75 Å². The summed E-state index contributed by atoms with van der Waals surface area (Å²) < 4.78 is 15.4. The average Bonchev–Trinajstić information content (AvgIpc) is 2.79. The number of esters is 1. The molecule has 0 unspecified atom stereocenters. The van der Waals surface area contributed by atoms with Crippen LogP contribution < -0.4 is 10.1 Å². The van der Waals surface area contributed by atoms with Gasteiger partial charge >= 0.3 is 12.1 Å². The van der Waals surface area contributed by atoms with Gasteiger partial charge in [-0.3, -0.25) is 10.1 Å². The lowest BCUT2D eigenvalue weighted by atomic mass is 9.93. The van der Waals surface area contributed by atoms with Crippen LogP contribution in [-0.2, 0) is 27.5 Å². The molecule has 1 N–H and O–H groups in total. The van der Waals surface area contributed by atoms with E-state index >= 15 is 0 Å². The number of nitro groups is 1. The number of non-ortho nitro benzene ring substituents is 1. The summed E-state index contributed by atoms with van der Waals surface area (Å²) in [5.41, 5.74) is 0.911. The highest BCUT2D eigenvalue weighted by Crippen LogP contribution is 2.17. The van der Waals surface area contributed by atoms with E-state index in [2.05, 4.69) is 5.32 Å². The molecule has 0 bridgehead atoms. The Bertz CT molecular complexity index is 951. The van der Waals surface area contributed by atoms with Crippen LogP contribution in [-0.4, -0.2) is 30.6 Å². The molecule has 2 aromatic rings. The second-order valence-corrected chi connectivity index (χ2v) is 7.63. The SMILES string of the molecule is COc1ccc(COC(=O)C=CC(C)(C)CNC(=O)OCc2ccc([N+](=O)[O-])cc2)cc1. The Balaban J connectivity index is 1.72. The molecule has 0 spiro atoms. The van der Waals surface area contributed by atoms with Crippen molar-refractivity contribution in [3.63, 3.8) is 0 Å². The lowest BCUT2D eigenvalue weighted by molar-refractivity contribution is -0.384. The normalized spacial score (nSPS) is 11.1. The van der Waals surface area contributed by atoms with Crippen molar-refractivity contribution in [2.75, 3.05) is 13.7 Å². The van der Waals surface area contributed by atoms with Gasteiger partial charge in [0.15, 0.2) is 0 Å². The smallest absolute Gasteiger partial charge is 0.407 e. The number of nitro benzene ring substituents is 1. The molecular weight excluding hydrogens is 416 g/mol. The number of ether oxygens (including phenoxy) is 3. The summed E-state index contributed by atoms with van der Waals surface area (Å²) in [6.45, 7) is 4.04. The molecule has 0 aliphatic rings. The molecule has 0 aliphatic carbocycles. The van der Waals surface area contributed by atoms with E-state index in [9.17, 15) is 19.7 Å². The van der Waals surface area contributed by atoms with Crippen LogP contribution in [0.15, 0.2) is 60.7 Å². The van der Waals surface area contributed by atoms with Crippen LogP contribution in [0.25, 0.3) is 0 Å². The minimum Gasteiger partial charge on any atom is -0.497 e. The highest BCUT2D eigenvalue weighted by molar-refractivity contribution is 5.82. The Kier molecular flexibility index (Phi) is 8.76. The topological polar surface area (TPSA) is 117 Å². The number of alkyl carbamates (subject to hydrolysis) is 1. The van der Waals surface area contributed by atoms with Gasteiger partial charge in [0.25, 0.3) is 5.69 Å². The molecule has 9 nitrogen and oxygen atoms in total. The monoisotopic (exact) mass is 442 g/mol. The molecule has 0 fully saturated rings. The maximum Gasteiger partial charge on any atom is 0.407 e. The first kappa shape index (κ1) is 24.4. The van der Waals surface area contributed by atoms with E-state index in [0.29, 0.717) is 5.56 Å². The van der Waals surface area contributed by atoms with Crippen molar-refractivity contribution >= 4 is 17.7 Å². The Morgan fingerprint density at radius 2 is 1.56 bits per heavy atom. The van der Waals surface area contributed by atoms with E-state index in [1.807, 2.05) is 26.0 Å². The van der Waals surface area contributed by atoms with E-state index in [0.717, 1.165) is 11.3 Å². The summed E-state index contributed by atoms with van der Waals surface area (Å²) in [6.07, 6.45) is 2.35. The van der Waals surface area contributed by atoms with Gasteiger partial charge in [-0.1, -0.05) is 32.1 Å². The van der Waals surface area contributed by atoms with Crippen LogP contribution in [0.1, 0.15) is 25.0 Å². The molecule has 2 aromatic carbocycles. The van der Waals surface area contributed by atoms with Gasteiger partial charge in [0, 0.05) is 30.2 Å². The number of benzene rings is 2. The third-order valence-corrected chi connectivity index (χ3v) is 4.42. The lowest BCUT2D eigenvalue weighted by Crippen LogP contribution is -2.33. The summed E-state index contributed by atoms with van der Waals surface area (Å²) in [5, 5.41) is 13.3. The van der Waals surface area contributed by atoms with Gasteiger partial charge in [0.1, 0.15) is 19.0 Å². The highest BCUT2D eigenvalue weighted by atomic mass is 16.6. The first-order valence-electron chi connectivity index (χ1n) is 9.81.